The van der Waals surface area contributed by atoms with Crippen molar-refractivity contribution in [2.75, 3.05) is 11.1 Å². The van der Waals surface area contributed by atoms with Crippen LogP contribution in [0.4, 0.5) is 5.69 Å². The van der Waals surface area contributed by atoms with Crippen LogP contribution in [0, 0.1) is 0 Å². The molecule has 32 heavy (non-hydrogen) atoms. The molecule has 0 bridgehead atoms. The van der Waals surface area contributed by atoms with Gasteiger partial charge < -0.3 is 5.32 Å². The quantitative estimate of drug-likeness (QED) is 0.338. The number of carbonyl (C=O) groups is 1. The van der Waals surface area contributed by atoms with E-state index >= 15 is 0 Å². The number of carbonyl (C=O) groups excluding carboxylic acids is 1. The molecule has 5 aromatic rings. The highest BCUT2D eigenvalue weighted by atomic mass is 32.2. The Morgan fingerprint density at radius 2 is 1.84 bits per heavy atom. The molecule has 0 fully saturated rings. The molecule has 0 atom stereocenters. The third-order valence-corrected chi connectivity index (χ3v) is 6.40. The van der Waals surface area contributed by atoms with Crippen LogP contribution in [-0.2, 0) is 11.2 Å². The predicted molar refractivity (Wildman–Crippen MR) is 131 cm³/mol. The summed E-state index contributed by atoms with van der Waals surface area (Å²) in [4.78, 5) is 17.0. The molecule has 1 N–H and O–H groups in total. The predicted octanol–water partition coefficient (Wildman–Crippen LogP) is 5.84. The van der Waals surface area contributed by atoms with Gasteiger partial charge in [0.2, 0.25) is 5.91 Å². The first-order chi connectivity index (χ1) is 15.7. The topological polar surface area (TPSA) is 59.3 Å². The largest absolute Gasteiger partial charge is 0.325 e. The normalized spacial score (nSPS) is 11.2. The molecule has 3 aromatic carbocycles. The molecule has 0 aliphatic heterocycles. The Hall–Kier alpha value is -3.64. The van der Waals surface area contributed by atoms with Gasteiger partial charge in [-0.2, -0.15) is 5.10 Å². The zero-order valence-corrected chi connectivity index (χ0v) is 18.5. The number of aryl methyl sites for hydroxylation is 1. The second-order valence-corrected chi connectivity index (χ2v) is 8.47. The van der Waals surface area contributed by atoms with Crippen LogP contribution >= 0.6 is 11.8 Å². The van der Waals surface area contributed by atoms with Gasteiger partial charge in [-0.15, -0.1) is 0 Å². The molecule has 0 spiro atoms. The van der Waals surface area contributed by atoms with E-state index in [0.29, 0.717) is 0 Å². The lowest BCUT2D eigenvalue weighted by Gasteiger charge is -2.06. The Kier molecular flexibility index (Phi) is 5.60. The fourth-order valence-corrected chi connectivity index (χ4v) is 4.52. The fraction of sp³-hybridized carbons (Fsp3) is 0.115. The summed E-state index contributed by atoms with van der Waals surface area (Å²) in [6, 6.07) is 24.5. The molecule has 1 amide bonds. The zero-order valence-electron chi connectivity index (χ0n) is 17.7. The highest BCUT2D eigenvalue weighted by molar-refractivity contribution is 8.00. The van der Waals surface area contributed by atoms with E-state index in [2.05, 4.69) is 41.5 Å². The van der Waals surface area contributed by atoms with Crippen molar-refractivity contribution in [3.8, 4) is 11.3 Å². The Balaban J connectivity index is 1.37. The minimum atomic E-state index is -0.0585. The number of benzene rings is 3. The number of hydrogen-bond acceptors (Lipinski definition) is 4. The van der Waals surface area contributed by atoms with Crippen LogP contribution in [0.5, 0.6) is 0 Å². The van der Waals surface area contributed by atoms with Crippen molar-refractivity contribution in [3.63, 3.8) is 0 Å². The highest BCUT2D eigenvalue weighted by Gasteiger charge is 2.13. The Labute approximate surface area is 190 Å². The molecule has 5 nitrogen and oxygen atoms in total. The van der Waals surface area contributed by atoms with E-state index in [1.165, 1.54) is 22.7 Å². The van der Waals surface area contributed by atoms with Crippen LogP contribution in [0.15, 0.2) is 90.2 Å². The van der Waals surface area contributed by atoms with Gasteiger partial charge in [0.05, 0.1) is 17.0 Å². The third-order valence-electron chi connectivity index (χ3n) is 5.41. The van der Waals surface area contributed by atoms with Crippen LogP contribution in [0.3, 0.4) is 0 Å². The van der Waals surface area contributed by atoms with Crippen LogP contribution in [-0.4, -0.2) is 26.3 Å². The average molecular weight is 439 g/mol. The van der Waals surface area contributed by atoms with Gasteiger partial charge in [0.25, 0.3) is 0 Å². The maximum atomic E-state index is 12.5. The monoisotopic (exact) mass is 438 g/mol. The van der Waals surface area contributed by atoms with Crippen LogP contribution in [0.2, 0.25) is 0 Å². The van der Waals surface area contributed by atoms with Gasteiger partial charge in [-0.1, -0.05) is 73.3 Å². The summed E-state index contributed by atoms with van der Waals surface area (Å²) in [5.41, 5.74) is 4.91. The Morgan fingerprint density at radius 3 is 2.69 bits per heavy atom. The van der Waals surface area contributed by atoms with Gasteiger partial charge in [-0.25, -0.2) is 9.50 Å². The first-order valence-electron chi connectivity index (χ1n) is 10.6. The minimum absolute atomic E-state index is 0.0585. The first-order valence-corrected chi connectivity index (χ1v) is 11.5. The number of anilines is 1. The molecule has 0 unspecified atom stereocenters. The van der Waals surface area contributed by atoms with Gasteiger partial charge in [0.15, 0.2) is 0 Å². The number of rotatable bonds is 6. The zero-order chi connectivity index (χ0) is 21.9. The smallest absolute Gasteiger partial charge is 0.234 e. The van der Waals surface area contributed by atoms with Gasteiger partial charge >= 0.3 is 0 Å². The minimum Gasteiger partial charge on any atom is -0.325 e. The van der Waals surface area contributed by atoms with E-state index in [9.17, 15) is 4.79 Å². The van der Waals surface area contributed by atoms with Crippen LogP contribution in [0.25, 0.3) is 27.5 Å². The van der Waals surface area contributed by atoms with E-state index in [1.807, 2.05) is 59.2 Å². The molecule has 0 aliphatic rings. The van der Waals surface area contributed by atoms with Gasteiger partial charge in [-0.05, 0) is 41.0 Å². The molecule has 0 radical (unpaired) electrons. The third kappa shape index (κ3) is 4.09. The maximum Gasteiger partial charge on any atom is 0.234 e. The van der Waals surface area contributed by atoms with Crippen LogP contribution < -0.4 is 5.32 Å². The van der Waals surface area contributed by atoms with Gasteiger partial charge in [0.1, 0.15) is 5.03 Å². The van der Waals surface area contributed by atoms with Crippen molar-refractivity contribution in [2.45, 2.75) is 18.4 Å². The SMILES string of the molecule is CCc1ccc(NC(=O)CSc2nccn3nc(-c4cccc5ccccc45)cc23)cc1. The van der Waals surface area contributed by atoms with Crippen molar-refractivity contribution in [1.29, 1.82) is 0 Å². The number of nitrogens with one attached hydrogen (secondary N) is 1. The molecule has 158 valence electrons. The molecule has 0 saturated heterocycles. The summed E-state index contributed by atoms with van der Waals surface area (Å²) in [5, 5.41) is 10.8. The van der Waals surface area contributed by atoms with Crippen molar-refractivity contribution in [3.05, 3.63) is 90.8 Å². The Bertz CT molecular complexity index is 1400. The van der Waals surface area contributed by atoms with E-state index in [1.54, 1.807) is 6.20 Å². The lowest BCUT2D eigenvalue weighted by Crippen LogP contribution is -2.14. The van der Waals surface area contributed by atoms with E-state index in [0.717, 1.165) is 39.3 Å². The molecular formula is C26H22N4OS. The number of amides is 1. The van der Waals surface area contributed by atoms with Crippen molar-refractivity contribution >= 4 is 39.6 Å². The molecular weight excluding hydrogens is 416 g/mol. The van der Waals surface area contributed by atoms with Crippen molar-refractivity contribution in [2.24, 2.45) is 0 Å². The van der Waals surface area contributed by atoms with E-state index in [4.69, 9.17) is 5.10 Å². The molecule has 2 aromatic heterocycles. The second kappa shape index (κ2) is 8.85. The molecule has 0 aliphatic carbocycles. The molecule has 0 saturated carbocycles. The summed E-state index contributed by atoms with van der Waals surface area (Å²) >= 11 is 1.41. The number of nitrogens with zero attached hydrogens (tertiary/aromatic N) is 3. The first kappa shape index (κ1) is 20.3. The van der Waals surface area contributed by atoms with Gasteiger partial charge in [-0.3, -0.25) is 4.79 Å². The molecule has 5 rings (SSSR count). The summed E-state index contributed by atoms with van der Waals surface area (Å²) in [6.45, 7) is 2.11. The van der Waals surface area contributed by atoms with Crippen molar-refractivity contribution in [1.82, 2.24) is 14.6 Å². The lowest BCUT2D eigenvalue weighted by molar-refractivity contribution is -0.113. The van der Waals surface area contributed by atoms with E-state index in [-0.39, 0.29) is 11.7 Å². The van der Waals surface area contributed by atoms with Crippen molar-refractivity contribution < 1.29 is 4.79 Å². The van der Waals surface area contributed by atoms with Crippen LogP contribution in [0.1, 0.15) is 12.5 Å². The number of thioether (sulfide) groups is 1. The second-order valence-electron chi connectivity index (χ2n) is 7.51. The lowest BCUT2D eigenvalue weighted by atomic mass is 10.0. The molecule has 6 heteroatoms. The average Bonchev–Trinajstić information content (AvgIpc) is 3.27. The fourth-order valence-electron chi connectivity index (χ4n) is 3.74. The molecule has 2 heterocycles. The highest BCUT2D eigenvalue weighted by Crippen LogP contribution is 2.30. The Morgan fingerprint density at radius 1 is 1.03 bits per heavy atom. The summed E-state index contributed by atoms with van der Waals surface area (Å²) in [5.74, 6) is 0.216. The number of fused-ring (bicyclic) bond motifs is 2. The number of hydrogen-bond donors (Lipinski definition) is 1. The van der Waals surface area contributed by atoms with Gasteiger partial charge in [0, 0.05) is 23.6 Å². The maximum absolute atomic E-state index is 12.5. The number of aromatic nitrogens is 3. The standard InChI is InChI=1S/C26H22N4OS/c1-2-18-10-12-20(13-11-18)28-25(31)17-32-26-24-16-23(29-30(24)15-14-27-26)22-9-5-7-19-6-3-4-8-21(19)22/h3-16H,2,17H2,1H3,(H,28,31). The summed E-state index contributed by atoms with van der Waals surface area (Å²) in [6.07, 6.45) is 4.53. The summed E-state index contributed by atoms with van der Waals surface area (Å²) < 4.78 is 1.83. The summed E-state index contributed by atoms with van der Waals surface area (Å²) in [7, 11) is 0. The van der Waals surface area contributed by atoms with E-state index < -0.39 is 0 Å².